The van der Waals surface area contributed by atoms with Crippen LogP contribution >= 0.6 is 11.6 Å². The normalized spacial score (nSPS) is 16.4. The van der Waals surface area contributed by atoms with E-state index in [-0.39, 0.29) is 0 Å². The van der Waals surface area contributed by atoms with Crippen LogP contribution < -0.4 is 5.32 Å². The highest BCUT2D eigenvalue weighted by Crippen LogP contribution is 2.19. The predicted octanol–water partition coefficient (Wildman–Crippen LogP) is 3.70. The quantitative estimate of drug-likeness (QED) is 0.902. The van der Waals surface area contributed by atoms with Crippen LogP contribution in [0.4, 0.5) is 5.69 Å². The highest BCUT2D eigenvalue weighted by atomic mass is 35.5. The summed E-state index contributed by atoms with van der Waals surface area (Å²) >= 11 is 5.94. The standard InChI is InChI=1S/C19H24ClN3/c1-22-10-12-23(13-11-22)15-17-4-2-3-5-19(17)21-14-16-6-8-18(20)9-7-16/h2-9,21H,10-15H2,1H3. The third kappa shape index (κ3) is 4.71. The number of nitrogens with one attached hydrogen (secondary N) is 1. The molecule has 122 valence electrons. The van der Waals surface area contributed by atoms with Gasteiger partial charge in [0, 0.05) is 50.0 Å². The predicted molar refractivity (Wildman–Crippen MR) is 98.0 cm³/mol. The lowest BCUT2D eigenvalue weighted by atomic mass is 10.1. The molecule has 0 aliphatic carbocycles. The Morgan fingerprint density at radius 1 is 0.957 bits per heavy atom. The van der Waals surface area contributed by atoms with E-state index in [2.05, 4.69) is 58.6 Å². The molecule has 1 saturated heterocycles. The fourth-order valence-corrected chi connectivity index (χ4v) is 3.00. The summed E-state index contributed by atoms with van der Waals surface area (Å²) in [6.45, 7) is 6.42. The minimum atomic E-state index is 0.782. The van der Waals surface area contributed by atoms with E-state index in [4.69, 9.17) is 11.6 Å². The number of hydrogen-bond acceptors (Lipinski definition) is 3. The van der Waals surface area contributed by atoms with Gasteiger partial charge in [0.15, 0.2) is 0 Å². The second-order valence-corrected chi connectivity index (χ2v) is 6.65. The van der Waals surface area contributed by atoms with Crippen molar-refractivity contribution >= 4 is 17.3 Å². The van der Waals surface area contributed by atoms with Crippen LogP contribution in [0.3, 0.4) is 0 Å². The number of hydrogen-bond donors (Lipinski definition) is 1. The molecule has 0 amide bonds. The van der Waals surface area contributed by atoms with Crippen molar-refractivity contribution in [2.45, 2.75) is 13.1 Å². The summed E-state index contributed by atoms with van der Waals surface area (Å²) in [6, 6.07) is 16.6. The lowest BCUT2D eigenvalue weighted by Gasteiger charge is -2.32. The first-order chi connectivity index (χ1) is 11.2. The number of para-hydroxylation sites is 1. The first kappa shape index (κ1) is 16.3. The third-order valence-electron chi connectivity index (χ3n) is 4.40. The van der Waals surface area contributed by atoms with Crippen molar-refractivity contribution in [2.75, 3.05) is 38.5 Å². The summed E-state index contributed by atoms with van der Waals surface area (Å²) in [5, 5.41) is 4.35. The van der Waals surface area contributed by atoms with Crippen LogP contribution in [-0.2, 0) is 13.1 Å². The zero-order chi connectivity index (χ0) is 16.1. The minimum Gasteiger partial charge on any atom is -0.381 e. The zero-order valence-corrected chi connectivity index (χ0v) is 14.4. The van der Waals surface area contributed by atoms with Gasteiger partial charge in [-0.3, -0.25) is 4.90 Å². The van der Waals surface area contributed by atoms with E-state index < -0.39 is 0 Å². The summed E-state index contributed by atoms with van der Waals surface area (Å²) in [4.78, 5) is 4.92. The molecule has 4 heteroatoms. The van der Waals surface area contributed by atoms with Crippen LogP contribution in [0.2, 0.25) is 5.02 Å². The molecule has 0 radical (unpaired) electrons. The molecule has 0 bridgehead atoms. The van der Waals surface area contributed by atoms with Crippen LogP contribution in [0, 0.1) is 0 Å². The summed E-state index contributed by atoms with van der Waals surface area (Å²) in [5.41, 5.74) is 3.83. The summed E-state index contributed by atoms with van der Waals surface area (Å²) < 4.78 is 0. The van der Waals surface area contributed by atoms with Crippen LogP contribution in [0.25, 0.3) is 0 Å². The van der Waals surface area contributed by atoms with Crippen molar-refractivity contribution in [1.82, 2.24) is 9.80 Å². The first-order valence-electron chi connectivity index (χ1n) is 8.18. The average Bonchev–Trinajstić information content (AvgIpc) is 2.58. The Labute approximate surface area is 143 Å². The van der Waals surface area contributed by atoms with Gasteiger partial charge in [0.2, 0.25) is 0 Å². The largest absolute Gasteiger partial charge is 0.381 e. The van der Waals surface area contributed by atoms with Gasteiger partial charge >= 0.3 is 0 Å². The van der Waals surface area contributed by atoms with Gasteiger partial charge in [-0.25, -0.2) is 0 Å². The number of benzene rings is 2. The van der Waals surface area contributed by atoms with Crippen LogP contribution in [0.15, 0.2) is 48.5 Å². The lowest BCUT2D eigenvalue weighted by Crippen LogP contribution is -2.43. The Hall–Kier alpha value is -1.55. The molecule has 1 aliphatic heterocycles. The molecule has 0 saturated carbocycles. The Morgan fingerprint density at radius 2 is 1.65 bits per heavy atom. The second-order valence-electron chi connectivity index (χ2n) is 6.22. The Bertz CT molecular complexity index is 619. The van der Waals surface area contributed by atoms with Crippen LogP contribution in [0.1, 0.15) is 11.1 Å². The zero-order valence-electron chi connectivity index (χ0n) is 13.6. The highest BCUT2D eigenvalue weighted by Gasteiger charge is 2.15. The number of rotatable bonds is 5. The molecule has 0 unspecified atom stereocenters. The van der Waals surface area contributed by atoms with Gasteiger partial charge in [-0.15, -0.1) is 0 Å². The average molecular weight is 330 g/mol. The maximum absolute atomic E-state index is 5.94. The van der Waals surface area contributed by atoms with Gasteiger partial charge in [0.05, 0.1) is 0 Å². The van der Waals surface area contributed by atoms with E-state index in [1.807, 2.05) is 12.1 Å². The van der Waals surface area contributed by atoms with E-state index in [1.54, 1.807) is 0 Å². The number of piperazine rings is 1. The Morgan fingerprint density at radius 3 is 2.39 bits per heavy atom. The molecule has 0 spiro atoms. The molecule has 2 aromatic rings. The van der Waals surface area contributed by atoms with Gasteiger partial charge in [-0.05, 0) is 36.4 Å². The van der Waals surface area contributed by atoms with E-state index in [9.17, 15) is 0 Å². The molecule has 2 aromatic carbocycles. The van der Waals surface area contributed by atoms with E-state index in [0.717, 1.165) is 44.3 Å². The molecule has 3 rings (SSSR count). The summed E-state index contributed by atoms with van der Waals surface area (Å²) in [6.07, 6.45) is 0. The van der Waals surface area contributed by atoms with Gasteiger partial charge in [-0.2, -0.15) is 0 Å². The highest BCUT2D eigenvalue weighted by molar-refractivity contribution is 6.30. The van der Waals surface area contributed by atoms with Crippen molar-refractivity contribution in [3.05, 3.63) is 64.7 Å². The molecule has 3 nitrogen and oxygen atoms in total. The fraction of sp³-hybridized carbons (Fsp3) is 0.368. The smallest absolute Gasteiger partial charge is 0.0406 e. The van der Waals surface area contributed by atoms with Crippen molar-refractivity contribution < 1.29 is 0 Å². The van der Waals surface area contributed by atoms with Crippen LogP contribution in [-0.4, -0.2) is 43.0 Å². The molecule has 0 aromatic heterocycles. The van der Waals surface area contributed by atoms with Crippen LogP contribution in [0.5, 0.6) is 0 Å². The maximum atomic E-state index is 5.94. The number of likely N-dealkylation sites (N-methyl/N-ethyl adjacent to an activating group) is 1. The van der Waals surface area contributed by atoms with Gasteiger partial charge in [-0.1, -0.05) is 41.9 Å². The fourth-order valence-electron chi connectivity index (χ4n) is 2.88. The SMILES string of the molecule is CN1CCN(Cc2ccccc2NCc2ccc(Cl)cc2)CC1. The Kier molecular flexibility index (Phi) is 5.55. The van der Waals surface area contributed by atoms with E-state index >= 15 is 0 Å². The molecule has 1 aliphatic rings. The topological polar surface area (TPSA) is 18.5 Å². The van der Waals surface area contributed by atoms with Gasteiger partial charge in [0.1, 0.15) is 0 Å². The first-order valence-corrected chi connectivity index (χ1v) is 8.55. The van der Waals surface area contributed by atoms with Crippen molar-refractivity contribution in [1.29, 1.82) is 0 Å². The minimum absolute atomic E-state index is 0.782. The van der Waals surface area contributed by atoms with Crippen molar-refractivity contribution in [3.8, 4) is 0 Å². The molecule has 1 N–H and O–H groups in total. The monoisotopic (exact) mass is 329 g/mol. The molecule has 1 fully saturated rings. The third-order valence-corrected chi connectivity index (χ3v) is 4.66. The van der Waals surface area contributed by atoms with E-state index in [1.165, 1.54) is 16.8 Å². The van der Waals surface area contributed by atoms with Gasteiger partial charge < -0.3 is 10.2 Å². The number of anilines is 1. The van der Waals surface area contributed by atoms with Crippen molar-refractivity contribution in [2.24, 2.45) is 0 Å². The molecular weight excluding hydrogens is 306 g/mol. The molecule has 0 atom stereocenters. The second kappa shape index (κ2) is 7.82. The van der Waals surface area contributed by atoms with E-state index in [0.29, 0.717) is 0 Å². The summed E-state index contributed by atoms with van der Waals surface area (Å²) in [7, 11) is 2.19. The Balaban J connectivity index is 1.62. The van der Waals surface area contributed by atoms with Crippen molar-refractivity contribution in [3.63, 3.8) is 0 Å². The lowest BCUT2D eigenvalue weighted by molar-refractivity contribution is 0.148. The maximum Gasteiger partial charge on any atom is 0.0406 e. The number of halogens is 1. The molecular formula is C19H24ClN3. The van der Waals surface area contributed by atoms with Gasteiger partial charge in [0.25, 0.3) is 0 Å². The summed E-state index contributed by atoms with van der Waals surface area (Å²) in [5.74, 6) is 0. The molecule has 23 heavy (non-hydrogen) atoms. The molecule has 1 heterocycles. The number of nitrogens with zero attached hydrogens (tertiary/aromatic N) is 2.